The minimum atomic E-state index is -0.741. The second-order valence-electron chi connectivity index (χ2n) is 4.82. The molecule has 1 aliphatic rings. The van der Waals surface area contributed by atoms with Crippen molar-refractivity contribution in [2.24, 2.45) is 7.05 Å². The van der Waals surface area contributed by atoms with Crippen LogP contribution in [-0.4, -0.2) is 34.5 Å². The van der Waals surface area contributed by atoms with E-state index >= 15 is 0 Å². The van der Waals surface area contributed by atoms with Crippen molar-refractivity contribution >= 4 is 27.6 Å². The van der Waals surface area contributed by atoms with Gasteiger partial charge >= 0.3 is 11.8 Å². The van der Waals surface area contributed by atoms with E-state index in [9.17, 15) is 14.4 Å². The topological polar surface area (TPSA) is 79.5 Å². The van der Waals surface area contributed by atoms with E-state index in [1.54, 1.807) is 11.4 Å². The maximum Gasteiger partial charge on any atom is 0.423 e. The molecule has 0 aliphatic carbocycles. The predicted octanol–water partition coefficient (Wildman–Crippen LogP) is 0.925. The first-order chi connectivity index (χ1) is 10.1. The van der Waals surface area contributed by atoms with Gasteiger partial charge in [-0.15, -0.1) is 11.3 Å². The van der Waals surface area contributed by atoms with Crippen LogP contribution in [0.2, 0.25) is 0 Å². The van der Waals surface area contributed by atoms with Crippen LogP contribution < -0.4 is 11.2 Å². The summed E-state index contributed by atoms with van der Waals surface area (Å²) >= 11 is 1.17. The predicted molar refractivity (Wildman–Crippen MR) is 77.0 cm³/mol. The zero-order chi connectivity index (χ0) is 15.0. The number of rotatable bonds is 1. The number of aromatic nitrogens is 2. The lowest BCUT2D eigenvalue weighted by Gasteiger charge is -2.22. The van der Waals surface area contributed by atoms with E-state index in [1.165, 1.54) is 18.4 Å². The summed E-state index contributed by atoms with van der Waals surface area (Å²) in [5.41, 5.74) is -1.10. The fourth-order valence-corrected chi connectivity index (χ4v) is 3.17. The molecule has 0 N–H and O–H groups in total. The number of hydrogen-bond donors (Lipinski definition) is 0. The third-order valence-electron chi connectivity index (χ3n) is 3.48. The molecule has 3 heterocycles. The molecule has 7 nitrogen and oxygen atoms in total. The van der Waals surface area contributed by atoms with Gasteiger partial charge in [-0.25, -0.2) is 9.59 Å². The van der Waals surface area contributed by atoms with Crippen molar-refractivity contribution in [2.45, 2.75) is 18.9 Å². The van der Waals surface area contributed by atoms with Gasteiger partial charge in [-0.3, -0.25) is 9.36 Å². The third-order valence-corrected chi connectivity index (χ3v) is 4.38. The second-order valence-corrected chi connectivity index (χ2v) is 5.71. The molecule has 0 saturated carbocycles. The Balaban J connectivity index is 2.03. The molecule has 1 saturated heterocycles. The summed E-state index contributed by atoms with van der Waals surface area (Å²) in [4.78, 5) is 36.8. The molecule has 3 rings (SSSR count). The summed E-state index contributed by atoms with van der Waals surface area (Å²) in [6.07, 6.45) is 0.222. The van der Waals surface area contributed by atoms with Crippen LogP contribution in [0, 0.1) is 0 Å². The van der Waals surface area contributed by atoms with Gasteiger partial charge in [-0.1, -0.05) is 0 Å². The largest absolute Gasteiger partial charge is 0.445 e. The van der Waals surface area contributed by atoms with E-state index in [0.717, 1.165) is 9.13 Å². The molecule has 2 aromatic heterocycles. The molecule has 1 aliphatic heterocycles. The molecule has 0 radical (unpaired) electrons. The molecule has 1 fully saturated rings. The van der Waals surface area contributed by atoms with Crippen LogP contribution in [0.3, 0.4) is 0 Å². The number of nitrogens with zero attached hydrogens (tertiary/aromatic N) is 2. The van der Waals surface area contributed by atoms with Crippen molar-refractivity contribution < 1.29 is 14.3 Å². The van der Waals surface area contributed by atoms with Gasteiger partial charge in [0.25, 0.3) is 5.56 Å². The first kappa shape index (κ1) is 14.0. The van der Waals surface area contributed by atoms with Gasteiger partial charge in [0.15, 0.2) is 0 Å². The molecule has 112 valence electrons. The Morgan fingerprint density at radius 1 is 1.38 bits per heavy atom. The Morgan fingerprint density at radius 2 is 2.10 bits per heavy atom. The smallest absolute Gasteiger partial charge is 0.423 e. The number of thiophene rings is 1. The van der Waals surface area contributed by atoms with Gasteiger partial charge in [0.2, 0.25) is 0 Å². The van der Waals surface area contributed by atoms with Crippen molar-refractivity contribution in [2.75, 3.05) is 13.2 Å². The third kappa shape index (κ3) is 2.40. The van der Waals surface area contributed by atoms with E-state index < -0.39 is 17.3 Å². The summed E-state index contributed by atoms with van der Waals surface area (Å²) in [5, 5.41) is 2.01. The first-order valence-corrected chi connectivity index (χ1v) is 7.45. The van der Waals surface area contributed by atoms with Gasteiger partial charge in [0.1, 0.15) is 10.9 Å². The Morgan fingerprint density at radius 3 is 2.81 bits per heavy atom. The maximum atomic E-state index is 12.3. The zero-order valence-corrected chi connectivity index (χ0v) is 12.2. The molecular formula is C13H14N2O5S. The van der Waals surface area contributed by atoms with Crippen LogP contribution in [0.25, 0.3) is 10.2 Å². The zero-order valence-electron chi connectivity index (χ0n) is 11.4. The number of ether oxygens (including phenoxy) is 2. The van der Waals surface area contributed by atoms with Crippen molar-refractivity contribution in [3.63, 3.8) is 0 Å². The molecule has 0 aromatic carbocycles. The summed E-state index contributed by atoms with van der Waals surface area (Å²) < 4.78 is 12.4. The Kier molecular flexibility index (Phi) is 3.64. The monoisotopic (exact) mass is 310 g/mol. The fraction of sp³-hybridized carbons (Fsp3) is 0.462. The SMILES string of the molecule is Cn1c(=O)c2ccsc2n(C(=O)OC2CCOCC2)c1=O. The van der Waals surface area contributed by atoms with E-state index in [2.05, 4.69) is 0 Å². The highest BCUT2D eigenvalue weighted by molar-refractivity contribution is 7.16. The maximum absolute atomic E-state index is 12.3. The lowest BCUT2D eigenvalue weighted by molar-refractivity contribution is 0.00197. The summed E-state index contributed by atoms with van der Waals surface area (Å²) in [6, 6.07) is 1.60. The first-order valence-electron chi connectivity index (χ1n) is 6.57. The summed E-state index contributed by atoms with van der Waals surface area (Å²) in [6.45, 7) is 1.07. The molecule has 21 heavy (non-hydrogen) atoms. The number of hydrogen-bond acceptors (Lipinski definition) is 6. The highest BCUT2D eigenvalue weighted by atomic mass is 32.1. The van der Waals surface area contributed by atoms with Crippen LogP contribution >= 0.6 is 11.3 Å². The van der Waals surface area contributed by atoms with Crippen molar-refractivity contribution in [3.05, 3.63) is 32.3 Å². The Labute approximate surface area is 123 Å². The van der Waals surface area contributed by atoms with E-state index in [4.69, 9.17) is 9.47 Å². The lowest BCUT2D eigenvalue weighted by Crippen LogP contribution is -2.42. The van der Waals surface area contributed by atoms with Crippen LogP contribution in [0.5, 0.6) is 0 Å². The molecule has 2 aromatic rings. The fourth-order valence-electron chi connectivity index (χ4n) is 2.29. The van der Waals surface area contributed by atoms with Crippen LogP contribution in [0.4, 0.5) is 4.79 Å². The van der Waals surface area contributed by atoms with Crippen molar-refractivity contribution in [1.82, 2.24) is 9.13 Å². The van der Waals surface area contributed by atoms with Gasteiger partial charge in [0.05, 0.1) is 18.6 Å². The highest BCUT2D eigenvalue weighted by Gasteiger charge is 2.23. The molecule has 0 atom stereocenters. The number of carbonyl (C=O) groups excluding carboxylic acids is 1. The average molecular weight is 310 g/mol. The van der Waals surface area contributed by atoms with E-state index in [0.29, 0.717) is 36.3 Å². The lowest BCUT2D eigenvalue weighted by atomic mass is 10.2. The average Bonchev–Trinajstić information content (AvgIpc) is 2.95. The highest BCUT2D eigenvalue weighted by Crippen LogP contribution is 2.17. The van der Waals surface area contributed by atoms with E-state index in [1.807, 2.05) is 0 Å². The van der Waals surface area contributed by atoms with Crippen LogP contribution in [0.15, 0.2) is 21.0 Å². The molecule has 0 unspecified atom stereocenters. The molecule has 8 heteroatoms. The van der Waals surface area contributed by atoms with Gasteiger partial charge in [0, 0.05) is 19.9 Å². The Hall–Kier alpha value is -1.93. The molecule has 0 spiro atoms. The normalized spacial score (nSPS) is 16.2. The van der Waals surface area contributed by atoms with Crippen molar-refractivity contribution in [3.8, 4) is 0 Å². The van der Waals surface area contributed by atoms with E-state index in [-0.39, 0.29) is 6.10 Å². The van der Waals surface area contributed by atoms with Crippen LogP contribution in [-0.2, 0) is 16.5 Å². The summed E-state index contributed by atoms with van der Waals surface area (Å²) in [5.74, 6) is 0. The van der Waals surface area contributed by atoms with Gasteiger partial charge in [-0.2, -0.15) is 4.57 Å². The molecule has 0 bridgehead atoms. The number of carbonyl (C=O) groups is 1. The van der Waals surface area contributed by atoms with Crippen LogP contribution in [0.1, 0.15) is 12.8 Å². The number of fused-ring (bicyclic) bond motifs is 1. The van der Waals surface area contributed by atoms with Gasteiger partial charge < -0.3 is 9.47 Å². The van der Waals surface area contributed by atoms with Crippen molar-refractivity contribution in [1.29, 1.82) is 0 Å². The minimum Gasteiger partial charge on any atom is -0.445 e. The molecular weight excluding hydrogens is 296 g/mol. The van der Waals surface area contributed by atoms with Gasteiger partial charge in [-0.05, 0) is 11.4 Å². The summed E-state index contributed by atoms with van der Waals surface area (Å²) in [7, 11) is 1.35. The quantitative estimate of drug-likeness (QED) is 0.782. The Bertz CT molecular complexity index is 797. The molecule has 0 amide bonds. The standard InChI is InChI=1S/C13H14N2O5S/c1-14-10(16)9-4-7-21-11(9)15(12(14)17)13(18)20-8-2-5-19-6-3-8/h4,7-8H,2-3,5-6H2,1H3. The minimum absolute atomic E-state index is 0.259. The second kappa shape index (κ2) is 5.45.